The maximum Gasteiger partial charge on any atom is 0.0362 e. The van der Waals surface area contributed by atoms with E-state index in [9.17, 15) is 0 Å². The Bertz CT molecular complexity index is 2360. The van der Waals surface area contributed by atoms with Crippen molar-refractivity contribution < 1.29 is 0 Å². The molecule has 9 aromatic rings. The van der Waals surface area contributed by atoms with Crippen LogP contribution in [0, 0.1) is 0 Å². The Morgan fingerprint density at radius 1 is 0.386 bits per heavy atom. The van der Waals surface area contributed by atoms with Crippen LogP contribution in [0.3, 0.4) is 0 Å². The van der Waals surface area contributed by atoms with Crippen LogP contribution in [0.25, 0.3) is 84.1 Å². The summed E-state index contributed by atoms with van der Waals surface area (Å²) in [6.45, 7) is 4.43. The van der Waals surface area contributed by atoms with E-state index in [2.05, 4.69) is 135 Å². The minimum absolute atomic E-state index is 1.06. The number of aryl methyl sites for hydroxylation is 2. The Morgan fingerprint density at radius 2 is 0.818 bits per heavy atom. The fourth-order valence-electron chi connectivity index (χ4n) is 7.10. The minimum Gasteiger partial charge on any atom is -0.135 e. The second-order valence-electron chi connectivity index (χ2n) is 11.8. The molecule has 44 heavy (non-hydrogen) atoms. The van der Waals surface area contributed by atoms with E-state index in [0.29, 0.717) is 0 Å². The van der Waals surface area contributed by atoms with Crippen LogP contribution >= 0.6 is 22.7 Å². The van der Waals surface area contributed by atoms with Gasteiger partial charge in [0.2, 0.25) is 0 Å². The van der Waals surface area contributed by atoms with E-state index in [0.717, 1.165) is 12.8 Å². The molecule has 0 aliphatic rings. The molecule has 0 atom stereocenters. The van der Waals surface area contributed by atoms with Crippen molar-refractivity contribution in [3.05, 3.63) is 132 Å². The lowest BCUT2D eigenvalue weighted by atomic mass is 9.93. The summed E-state index contributed by atoms with van der Waals surface area (Å²) in [5, 5.41) is 10.8. The van der Waals surface area contributed by atoms with Gasteiger partial charge in [0.1, 0.15) is 0 Å². The predicted octanol–water partition coefficient (Wildman–Crippen LogP) is 13.2. The maximum absolute atomic E-state index is 2.46. The van der Waals surface area contributed by atoms with Gasteiger partial charge in [0, 0.05) is 40.3 Å². The van der Waals surface area contributed by atoms with Crippen molar-refractivity contribution in [2.45, 2.75) is 26.7 Å². The normalized spacial score (nSPS) is 12.0. The highest BCUT2D eigenvalue weighted by Gasteiger charge is 2.16. The molecule has 0 N–H and O–H groups in total. The molecule has 0 aliphatic carbocycles. The summed E-state index contributed by atoms with van der Waals surface area (Å²) in [6, 6.07) is 46.1. The Balaban J connectivity index is 1.30. The molecule has 0 aliphatic heterocycles. The summed E-state index contributed by atoms with van der Waals surface area (Å²) in [6.07, 6.45) is 2.12. The summed E-state index contributed by atoms with van der Waals surface area (Å²) in [5.41, 5.74) is 7.95. The number of benzene rings is 7. The zero-order valence-electron chi connectivity index (χ0n) is 24.8. The number of hydrogen-bond acceptors (Lipinski definition) is 2. The van der Waals surface area contributed by atoms with Gasteiger partial charge in [0.15, 0.2) is 0 Å². The molecule has 2 heteroatoms. The second kappa shape index (κ2) is 10.0. The molecular weight excluding hydrogens is 569 g/mol. The molecule has 0 radical (unpaired) electrons. The molecular formula is C42H30S2. The van der Waals surface area contributed by atoms with Gasteiger partial charge >= 0.3 is 0 Å². The second-order valence-corrected chi connectivity index (χ2v) is 14.0. The van der Waals surface area contributed by atoms with Crippen molar-refractivity contribution in [2.75, 3.05) is 0 Å². The van der Waals surface area contributed by atoms with Crippen LogP contribution in [0.2, 0.25) is 0 Å². The Hall–Kier alpha value is -4.50. The van der Waals surface area contributed by atoms with Gasteiger partial charge in [-0.2, -0.15) is 0 Å². The van der Waals surface area contributed by atoms with Crippen LogP contribution in [0.4, 0.5) is 0 Å². The summed E-state index contributed by atoms with van der Waals surface area (Å²) in [7, 11) is 0. The molecule has 0 fully saturated rings. The fraction of sp³-hybridized carbons (Fsp3) is 0.0952. The first-order valence-electron chi connectivity index (χ1n) is 15.5. The monoisotopic (exact) mass is 598 g/mol. The predicted molar refractivity (Wildman–Crippen MR) is 197 cm³/mol. The van der Waals surface area contributed by atoms with Crippen molar-refractivity contribution in [3.63, 3.8) is 0 Å². The Labute approximate surface area is 264 Å². The lowest BCUT2D eigenvalue weighted by Gasteiger charge is -2.16. The summed E-state index contributed by atoms with van der Waals surface area (Å²) in [5.74, 6) is 0. The summed E-state index contributed by atoms with van der Waals surface area (Å²) >= 11 is 3.85. The van der Waals surface area contributed by atoms with E-state index in [1.807, 2.05) is 22.7 Å². The standard InChI is InChI=1S/C42H30S2/c1-3-25-11-15-27(16-12-25)29-19-21-33-35-23-40-36(24-39(35)43-37-9-5-7-31(29)41(33)37)34-22-20-30(28-17-13-26(4-2)14-18-28)32-8-6-10-38(44-40)42(32)34/h5-24H,3-4H2,1-2H3. The maximum atomic E-state index is 2.46. The van der Waals surface area contributed by atoms with Crippen molar-refractivity contribution in [1.29, 1.82) is 0 Å². The fourth-order valence-corrected chi connectivity index (χ4v) is 9.42. The highest BCUT2D eigenvalue weighted by molar-refractivity contribution is 7.26. The molecule has 0 spiro atoms. The van der Waals surface area contributed by atoms with Gasteiger partial charge in [0.25, 0.3) is 0 Å². The average Bonchev–Trinajstić information content (AvgIpc) is 3.08. The topological polar surface area (TPSA) is 0 Å². The van der Waals surface area contributed by atoms with E-state index in [1.165, 1.54) is 95.3 Å². The molecule has 0 unspecified atom stereocenters. The molecule has 0 amide bonds. The van der Waals surface area contributed by atoms with Crippen LogP contribution in [-0.4, -0.2) is 0 Å². The van der Waals surface area contributed by atoms with Crippen LogP contribution in [-0.2, 0) is 12.8 Å². The van der Waals surface area contributed by atoms with Crippen molar-refractivity contribution >= 4 is 84.6 Å². The lowest BCUT2D eigenvalue weighted by Crippen LogP contribution is -1.88. The number of rotatable bonds is 4. The molecule has 0 saturated heterocycles. The number of hydrogen-bond donors (Lipinski definition) is 0. The van der Waals surface area contributed by atoms with E-state index in [-0.39, 0.29) is 0 Å². The zero-order chi connectivity index (χ0) is 29.4. The molecule has 0 bridgehead atoms. The highest BCUT2D eigenvalue weighted by atomic mass is 32.1. The third-order valence-corrected chi connectivity index (χ3v) is 11.7. The summed E-state index contributed by atoms with van der Waals surface area (Å²) in [4.78, 5) is 0. The minimum atomic E-state index is 1.06. The SMILES string of the molecule is CCc1ccc(-c2ccc3c4cc5sc6cccc7c(-c8ccc(CC)cc8)ccc(c5cc4sc4cccc2c43)c67)cc1. The molecule has 2 aromatic heterocycles. The first kappa shape index (κ1) is 25.9. The molecule has 0 saturated carbocycles. The van der Waals surface area contributed by atoms with Crippen molar-refractivity contribution in [3.8, 4) is 22.3 Å². The van der Waals surface area contributed by atoms with Gasteiger partial charge in [-0.25, -0.2) is 0 Å². The van der Waals surface area contributed by atoms with Crippen molar-refractivity contribution in [1.82, 2.24) is 0 Å². The number of fused-ring (bicyclic) bond motifs is 4. The van der Waals surface area contributed by atoms with Gasteiger partial charge < -0.3 is 0 Å². The van der Waals surface area contributed by atoms with Crippen LogP contribution in [0.5, 0.6) is 0 Å². The van der Waals surface area contributed by atoms with Gasteiger partial charge in [-0.15, -0.1) is 22.7 Å². The van der Waals surface area contributed by atoms with Crippen LogP contribution < -0.4 is 0 Å². The lowest BCUT2D eigenvalue weighted by molar-refractivity contribution is 1.14. The Kier molecular flexibility index (Phi) is 5.91. The quantitative estimate of drug-likeness (QED) is 0.140. The third kappa shape index (κ3) is 3.88. The van der Waals surface area contributed by atoms with E-state index in [1.54, 1.807) is 0 Å². The first-order valence-corrected chi connectivity index (χ1v) is 17.2. The highest BCUT2D eigenvalue weighted by Crippen LogP contribution is 2.46. The van der Waals surface area contributed by atoms with Gasteiger partial charge in [0.05, 0.1) is 0 Å². The largest absolute Gasteiger partial charge is 0.135 e. The molecule has 0 nitrogen and oxygen atoms in total. The first-order chi connectivity index (χ1) is 21.7. The van der Waals surface area contributed by atoms with Gasteiger partial charge in [-0.1, -0.05) is 111 Å². The summed E-state index contributed by atoms with van der Waals surface area (Å²) < 4.78 is 5.38. The zero-order valence-corrected chi connectivity index (χ0v) is 26.4. The molecule has 7 aromatic carbocycles. The van der Waals surface area contributed by atoms with Crippen LogP contribution in [0.15, 0.2) is 121 Å². The average molecular weight is 599 g/mol. The molecule has 210 valence electrons. The molecule has 2 heterocycles. The van der Waals surface area contributed by atoms with E-state index >= 15 is 0 Å². The van der Waals surface area contributed by atoms with Gasteiger partial charge in [-0.3, -0.25) is 0 Å². The Morgan fingerprint density at radius 3 is 1.23 bits per heavy atom. The van der Waals surface area contributed by atoms with Gasteiger partial charge in [-0.05, 0) is 92.0 Å². The molecule has 9 rings (SSSR count). The third-order valence-electron chi connectivity index (χ3n) is 9.45. The van der Waals surface area contributed by atoms with E-state index < -0.39 is 0 Å². The van der Waals surface area contributed by atoms with E-state index in [4.69, 9.17) is 0 Å². The van der Waals surface area contributed by atoms with Crippen LogP contribution in [0.1, 0.15) is 25.0 Å². The smallest absolute Gasteiger partial charge is 0.0362 e. The van der Waals surface area contributed by atoms with Crippen molar-refractivity contribution in [2.24, 2.45) is 0 Å².